The number of likely N-dealkylation sites (N-methyl/N-ethyl adjacent to an activating group) is 1. The van der Waals surface area contributed by atoms with E-state index in [1.165, 1.54) is 24.8 Å². The second kappa shape index (κ2) is 8.84. The summed E-state index contributed by atoms with van der Waals surface area (Å²) in [4.78, 5) is 0. The van der Waals surface area contributed by atoms with Crippen LogP contribution in [0.5, 0.6) is 0 Å². The Morgan fingerprint density at radius 3 is 2.42 bits per heavy atom. The normalized spacial score (nSPS) is 12.9. The van der Waals surface area contributed by atoms with Crippen LogP contribution in [0.15, 0.2) is 18.2 Å². The first-order valence-corrected chi connectivity index (χ1v) is 7.95. The lowest BCUT2D eigenvalue weighted by Crippen LogP contribution is -2.31. The zero-order valence-corrected chi connectivity index (χ0v) is 13.7. The number of benzene rings is 1. The molecule has 0 bridgehead atoms. The van der Waals surface area contributed by atoms with Crippen LogP contribution in [0.1, 0.15) is 45.6 Å². The van der Waals surface area contributed by atoms with Crippen molar-refractivity contribution in [3.8, 4) is 0 Å². The maximum atomic E-state index is 6.07. The second-order valence-corrected chi connectivity index (χ2v) is 6.35. The van der Waals surface area contributed by atoms with Crippen LogP contribution in [0, 0.1) is 5.92 Å². The molecule has 3 heteroatoms. The van der Waals surface area contributed by atoms with Gasteiger partial charge in [0.2, 0.25) is 0 Å². The topological polar surface area (TPSA) is 12.0 Å². The van der Waals surface area contributed by atoms with Crippen molar-refractivity contribution in [2.45, 2.75) is 52.5 Å². The third kappa shape index (κ3) is 6.65. The summed E-state index contributed by atoms with van der Waals surface area (Å²) in [5.41, 5.74) is 1.25. The van der Waals surface area contributed by atoms with Crippen LogP contribution in [-0.2, 0) is 6.42 Å². The predicted molar refractivity (Wildman–Crippen MR) is 86.3 cm³/mol. The number of hydrogen-bond acceptors (Lipinski definition) is 1. The summed E-state index contributed by atoms with van der Waals surface area (Å²) in [6.45, 7) is 7.72. The lowest BCUT2D eigenvalue weighted by atomic mass is 9.98. The van der Waals surface area contributed by atoms with Crippen molar-refractivity contribution in [1.29, 1.82) is 0 Å². The third-order valence-electron chi connectivity index (χ3n) is 3.29. The minimum absolute atomic E-state index is 0.529. The van der Waals surface area contributed by atoms with Crippen LogP contribution >= 0.6 is 23.2 Å². The first-order valence-electron chi connectivity index (χ1n) is 7.20. The van der Waals surface area contributed by atoms with Gasteiger partial charge in [-0.15, -0.1) is 0 Å². The molecule has 1 aromatic carbocycles. The molecule has 0 aliphatic rings. The fraction of sp³-hybridized carbons (Fsp3) is 0.625. The Kier molecular flexibility index (Phi) is 7.82. The number of hydrogen-bond donors (Lipinski definition) is 1. The molecule has 108 valence electrons. The molecule has 0 saturated carbocycles. The lowest BCUT2D eigenvalue weighted by Gasteiger charge is -2.18. The molecular formula is C16H25Cl2N. The standard InChI is InChI=1S/C16H25Cl2N/c1-4-19-14(7-5-6-12(2)3)10-13-8-9-15(17)16(18)11-13/h8-9,11-12,14,19H,4-7,10H2,1-3H3. The van der Waals surface area contributed by atoms with Crippen LogP contribution in [0.2, 0.25) is 10.0 Å². The van der Waals surface area contributed by atoms with E-state index in [1.54, 1.807) is 0 Å². The van der Waals surface area contributed by atoms with Crippen molar-refractivity contribution >= 4 is 23.2 Å². The average Bonchev–Trinajstić information content (AvgIpc) is 2.33. The van der Waals surface area contributed by atoms with Crippen molar-refractivity contribution in [3.63, 3.8) is 0 Å². The van der Waals surface area contributed by atoms with Crippen molar-refractivity contribution in [2.24, 2.45) is 5.92 Å². The summed E-state index contributed by atoms with van der Waals surface area (Å²) >= 11 is 12.0. The molecule has 0 saturated heterocycles. The van der Waals surface area contributed by atoms with Gasteiger partial charge < -0.3 is 5.32 Å². The molecule has 0 amide bonds. The summed E-state index contributed by atoms with van der Waals surface area (Å²) in [5.74, 6) is 0.784. The van der Waals surface area contributed by atoms with Gasteiger partial charge in [-0.3, -0.25) is 0 Å². The van der Waals surface area contributed by atoms with Crippen molar-refractivity contribution in [3.05, 3.63) is 33.8 Å². The van der Waals surface area contributed by atoms with Crippen molar-refractivity contribution in [2.75, 3.05) is 6.54 Å². The maximum absolute atomic E-state index is 6.07. The van der Waals surface area contributed by atoms with Crippen LogP contribution in [0.25, 0.3) is 0 Å². The van der Waals surface area contributed by atoms with E-state index in [4.69, 9.17) is 23.2 Å². The molecule has 0 aliphatic heterocycles. The molecule has 1 rings (SSSR count). The number of halogens is 2. The van der Waals surface area contributed by atoms with Gasteiger partial charge in [0.1, 0.15) is 0 Å². The van der Waals surface area contributed by atoms with Crippen molar-refractivity contribution in [1.82, 2.24) is 5.32 Å². The Labute approximate surface area is 127 Å². The smallest absolute Gasteiger partial charge is 0.0595 e. The number of rotatable bonds is 8. The molecular weight excluding hydrogens is 277 g/mol. The molecule has 1 atom stereocenters. The minimum atomic E-state index is 0.529. The van der Waals surface area contributed by atoms with Gasteiger partial charge in [0.15, 0.2) is 0 Å². The Balaban J connectivity index is 2.54. The Morgan fingerprint density at radius 2 is 1.84 bits per heavy atom. The van der Waals surface area contributed by atoms with Crippen LogP contribution in [-0.4, -0.2) is 12.6 Å². The molecule has 0 aromatic heterocycles. The van der Waals surface area contributed by atoms with E-state index in [0.29, 0.717) is 16.1 Å². The fourth-order valence-corrected chi connectivity index (χ4v) is 2.61. The molecule has 1 N–H and O–H groups in total. The van der Waals surface area contributed by atoms with Gasteiger partial charge >= 0.3 is 0 Å². The van der Waals surface area contributed by atoms with E-state index in [9.17, 15) is 0 Å². The second-order valence-electron chi connectivity index (χ2n) is 5.53. The molecule has 0 fully saturated rings. The molecule has 0 radical (unpaired) electrons. The molecule has 1 nitrogen and oxygen atoms in total. The van der Waals surface area contributed by atoms with E-state index < -0.39 is 0 Å². The van der Waals surface area contributed by atoms with Crippen LogP contribution in [0.3, 0.4) is 0 Å². The van der Waals surface area contributed by atoms with Gasteiger partial charge in [0.25, 0.3) is 0 Å². The zero-order chi connectivity index (χ0) is 14.3. The molecule has 1 unspecified atom stereocenters. The maximum Gasteiger partial charge on any atom is 0.0595 e. The molecule has 0 spiro atoms. The van der Waals surface area contributed by atoms with Crippen LogP contribution in [0.4, 0.5) is 0 Å². The molecule has 0 heterocycles. The van der Waals surface area contributed by atoms with E-state index >= 15 is 0 Å². The highest BCUT2D eigenvalue weighted by molar-refractivity contribution is 6.42. The van der Waals surface area contributed by atoms with Crippen LogP contribution < -0.4 is 5.32 Å². The van der Waals surface area contributed by atoms with E-state index in [0.717, 1.165) is 18.9 Å². The molecule has 0 aliphatic carbocycles. The van der Waals surface area contributed by atoms with Gasteiger partial charge in [-0.1, -0.05) is 62.9 Å². The largest absolute Gasteiger partial charge is 0.314 e. The highest BCUT2D eigenvalue weighted by Crippen LogP contribution is 2.23. The Morgan fingerprint density at radius 1 is 1.11 bits per heavy atom. The third-order valence-corrected chi connectivity index (χ3v) is 4.03. The molecule has 1 aromatic rings. The SMILES string of the molecule is CCNC(CCCC(C)C)Cc1ccc(Cl)c(Cl)c1. The predicted octanol–water partition coefficient (Wildman–Crippen LogP) is 5.34. The zero-order valence-electron chi connectivity index (χ0n) is 12.2. The lowest BCUT2D eigenvalue weighted by molar-refractivity contribution is 0.442. The minimum Gasteiger partial charge on any atom is -0.314 e. The van der Waals surface area contributed by atoms with E-state index in [1.807, 2.05) is 12.1 Å². The molecule has 19 heavy (non-hydrogen) atoms. The Hall–Kier alpha value is -0.240. The van der Waals surface area contributed by atoms with E-state index in [-0.39, 0.29) is 0 Å². The first-order chi connectivity index (χ1) is 9.02. The first kappa shape index (κ1) is 16.8. The summed E-state index contributed by atoms with van der Waals surface area (Å²) in [7, 11) is 0. The van der Waals surface area contributed by atoms with Crippen molar-refractivity contribution < 1.29 is 0 Å². The van der Waals surface area contributed by atoms with Gasteiger partial charge in [-0.25, -0.2) is 0 Å². The fourth-order valence-electron chi connectivity index (χ4n) is 2.29. The quantitative estimate of drug-likeness (QED) is 0.683. The Bertz CT molecular complexity index is 377. The summed E-state index contributed by atoms with van der Waals surface area (Å²) in [6.07, 6.45) is 4.80. The van der Waals surface area contributed by atoms with Gasteiger partial charge in [0.05, 0.1) is 10.0 Å². The summed E-state index contributed by atoms with van der Waals surface area (Å²) in [5, 5.41) is 4.84. The van der Waals surface area contributed by atoms with Gasteiger partial charge in [0, 0.05) is 6.04 Å². The monoisotopic (exact) mass is 301 g/mol. The van der Waals surface area contributed by atoms with Gasteiger partial charge in [-0.2, -0.15) is 0 Å². The highest BCUT2D eigenvalue weighted by atomic mass is 35.5. The average molecular weight is 302 g/mol. The highest BCUT2D eigenvalue weighted by Gasteiger charge is 2.10. The summed E-state index contributed by atoms with van der Waals surface area (Å²) < 4.78 is 0. The summed E-state index contributed by atoms with van der Waals surface area (Å²) in [6, 6.07) is 6.47. The number of nitrogens with one attached hydrogen (secondary N) is 1. The van der Waals surface area contributed by atoms with Gasteiger partial charge in [-0.05, 0) is 43.0 Å². The van der Waals surface area contributed by atoms with E-state index in [2.05, 4.69) is 32.2 Å².